The van der Waals surface area contributed by atoms with Gasteiger partial charge in [-0.05, 0) is 26.2 Å². The molecule has 94 valence electrons. The summed E-state index contributed by atoms with van der Waals surface area (Å²) in [7, 11) is 0. The second-order valence-corrected chi connectivity index (χ2v) is 5.00. The van der Waals surface area contributed by atoms with E-state index in [2.05, 4.69) is 17.7 Å². The first-order valence-corrected chi connectivity index (χ1v) is 6.57. The highest BCUT2D eigenvalue weighted by Crippen LogP contribution is 2.20. The van der Waals surface area contributed by atoms with E-state index < -0.39 is 0 Å². The van der Waals surface area contributed by atoms with Crippen LogP contribution in [0.15, 0.2) is 0 Å². The highest BCUT2D eigenvalue weighted by Gasteiger charge is 2.19. The minimum atomic E-state index is 0.389. The minimum absolute atomic E-state index is 0.389. The Morgan fingerprint density at radius 2 is 2.25 bits per heavy atom. The van der Waals surface area contributed by atoms with Crippen LogP contribution >= 0.6 is 0 Å². The molecule has 2 N–H and O–H groups in total. The summed E-state index contributed by atoms with van der Waals surface area (Å²) in [5.74, 6) is 0. The molecule has 16 heavy (non-hydrogen) atoms. The van der Waals surface area contributed by atoms with Crippen molar-refractivity contribution in [3.63, 3.8) is 0 Å². The summed E-state index contributed by atoms with van der Waals surface area (Å²) in [5.41, 5.74) is 3.18. The summed E-state index contributed by atoms with van der Waals surface area (Å²) in [5, 5.41) is 3.46. The van der Waals surface area contributed by atoms with Crippen LogP contribution in [0.25, 0.3) is 0 Å². The number of hydrogen-bond donors (Lipinski definition) is 2. The predicted octanol–water partition coefficient (Wildman–Crippen LogP) is 1.22. The van der Waals surface area contributed by atoms with Gasteiger partial charge in [-0.3, -0.25) is 4.84 Å². The first kappa shape index (κ1) is 12.3. The van der Waals surface area contributed by atoms with Gasteiger partial charge in [0.2, 0.25) is 0 Å². The van der Waals surface area contributed by atoms with E-state index in [-0.39, 0.29) is 0 Å². The van der Waals surface area contributed by atoms with Crippen molar-refractivity contribution in [3.05, 3.63) is 0 Å². The third kappa shape index (κ3) is 4.01. The van der Waals surface area contributed by atoms with Gasteiger partial charge in [-0.2, -0.15) is 5.48 Å². The second kappa shape index (κ2) is 6.55. The number of hydrogen-bond acceptors (Lipinski definition) is 4. The van der Waals surface area contributed by atoms with Crippen LogP contribution in [0.3, 0.4) is 0 Å². The van der Waals surface area contributed by atoms with Crippen molar-refractivity contribution in [1.82, 2.24) is 10.8 Å². The standard InChI is InChI=1S/C12H24N2O2/c1-10(8-11-9-15-7-6-13-11)14-16-12-4-2-3-5-12/h10-14H,2-9H2,1H3. The van der Waals surface area contributed by atoms with Gasteiger partial charge in [0.1, 0.15) is 0 Å². The van der Waals surface area contributed by atoms with Gasteiger partial charge in [-0.15, -0.1) is 0 Å². The maximum absolute atomic E-state index is 5.69. The molecule has 1 heterocycles. The van der Waals surface area contributed by atoms with E-state index in [1.165, 1.54) is 25.7 Å². The van der Waals surface area contributed by atoms with E-state index in [1.54, 1.807) is 0 Å². The van der Waals surface area contributed by atoms with Gasteiger partial charge in [-0.1, -0.05) is 12.8 Å². The zero-order valence-electron chi connectivity index (χ0n) is 10.2. The molecule has 1 saturated heterocycles. The zero-order chi connectivity index (χ0) is 11.2. The predicted molar refractivity (Wildman–Crippen MR) is 63.2 cm³/mol. The highest BCUT2D eigenvalue weighted by molar-refractivity contribution is 4.74. The van der Waals surface area contributed by atoms with Crippen LogP contribution in [0.2, 0.25) is 0 Å². The molecule has 4 heteroatoms. The van der Waals surface area contributed by atoms with E-state index in [4.69, 9.17) is 9.57 Å². The maximum Gasteiger partial charge on any atom is 0.0790 e. The number of ether oxygens (including phenoxy) is 1. The lowest BCUT2D eigenvalue weighted by Crippen LogP contribution is -2.45. The zero-order valence-corrected chi connectivity index (χ0v) is 10.2. The molecule has 1 saturated carbocycles. The van der Waals surface area contributed by atoms with E-state index >= 15 is 0 Å². The summed E-state index contributed by atoms with van der Waals surface area (Å²) in [6, 6.07) is 0.864. The third-order valence-electron chi connectivity index (χ3n) is 3.37. The molecule has 0 spiro atoms. The van der Waals surface area contributed by atoms with Gasteiger partial charge in [0.25, 0.3) is 0 Å². The Morgan fingerprint density at radius 3 is 2.94 bits per heavy atom. The van der Waals surface area contributed by atoms with Crippen molar-refractivity contribution in [2.24, 2.45) is 0 Å². The molecule has 2 atom stereocenters. The van der Waals surface area contributed by atoms with Crippen LogP contribution in [0, 0.1) is 0 Å². The first-order valence-electron chi connectivity index (χ1n) is 6.57. The topological polar surface area (TPSA) is 42.5 Å². The second-order valence-electron chi connectivity index (χ2n) is 5.00. The smallest absolute Gasteiger partial charge is 0.0790 e. The molecular weight excluding hydrogens is 204 g/mol. The molecule has 0 amide bonds. The van der Waals surface area contributed by atoms with Gasteiger partial charge >= 0.3 is 0 Å². The summed E-state index contributed by atoms with van der Waals surface area (Å²) in [6.07, 6.45) is 6.57. The van der Waals surface area contributed by atoms with Gasteiger partial charge in [0.15, 0.2) is 0 Å². The van der Waals surface area contributed by atoms with Crippen molar-refractivity contribution in [1.29, 1.82) is 0 Å². The largest absolute Gasteiger partial charge is 0.379 e. The van der Waals surface area contributed by atoms with Crippen LogP contribution in [-0.4, -0.2) is 37.9 Å². The van der Waals surface area contributed by atoms with Crippen LogP contribution < -0.4 is 10.8 Å². The van der Waals surface area contributed by atoms with Crippen molar-refractivity contribution in [2.75, 3.05) is 19.8 Å². The molecule has 2 fully saturated rings. The number of rotatable bonds is 5. The molecule has 1 aliphatic heterocycles. The fraction of sp³-hybridized carbons (Fsp3) is 1.00. The lowest BCUT2D eigenvalue weighted by atomic mass is 10.1. The Bertz CT molecular complexity index is 189. The van der Waals surface area contributed by atoms with Crippen molar-refractivity contribution in [3.8, 4) is 0 Å². The molecule has 0 aromatic rings. The van der Waals surface area contributed by atoms with E-state index in [0.717, 1.165) is 26.2 Å². The average molecular weight is 228 g/mol. The normalized spacial score (nSPS) is 29.4. The average Bonchev–Trinajstić information content (AvgIpc) is 2.81. The Morgan fingerprint density at radius 1 is 1.44 bits per heavy atom. The Kier molecular flexibility index (Phi) is 5.03. The summed E-state index contributed by atoms with van der Waals surface area (Å²) in [4.78, 5) is 5.69. The number of nitrogens with one attached hydrogen (secondary N) is 2. The molecule has 2 unspecified atom stereocenters. The van der Waals surface area contributed by atoms with Crippen LogP contribution in [0.5, 0.6) is 0 Å². The molecule has 4 nitrogen and oxygen atoms in total. The maximum atomic E-state index is 5.69. The van der Waals surface area contributed by atoms with Gasteiger partial charge in [0, 0.05) is 18.6 Å². The Hall–Kier alpha value is -0.160. The summed E-state index contributed by atoms with van der Waals surface area (Å²) in [6.45, 7) is 4.82. The molecule has 0 bridgehead atoms. The van der Waals surface area contributed by atoms with Gasteiger partial charge < -0.3 is 10.1 Å². The minimum Gasteiger partial charge on any atom is -0.379 e. The summed E-state index contributed by atoms with van der Waals surface area (Å²) >= 11 is 0. The molecule has 0 radical (unpaired) electrons. The van der Waals surface area contributed by atoms with E-state index in [0.29, 0.717) is 18.2 Å². The van der Waals surface area contributed by atoms with Crippen molar-refractivity contribution >= 4 is 0 Å². The van der Waals surface area contributed by atoms with Gasteiger partial charge in [-0.25, -0.2) is 0 Å². The lowest BCUT2D eigenvalue weighted by Gasteiger charge is -2.27. The molecule has 0 aromatic heterocycles. The van der Waals surface area contributed by atoms with Crippen LogP contribution in [0.4, 0.5) is 0 Å². The Balaban J connectivity index is 1.57. The fourth-order valence-corrected chi connectivity index (χ4v) is 2.46. The SMILES string of the molecule is CC(CC1COCCN1)NOC1CCCC1. The Labute approximate surface area is 98.0 Å². The highest BCUT2D eigenvalue weighted by atomic mass is 16.7. The monoisotopic (exact) mass is 228 g/mol. The molecular formula is C12H24N2O2. The van der Waals surface area contributed by atoms with Crippen molar-refractivity contribution in [2.45, 2.75) is 57.2 Å². The lowest BCUT2D eigenvalue weighted by molar-refractivity contribution is -0.0426. The van der Waals surface area contributed by atoms with Crippen LogP contribution in [-0.2, 0) is 9.57 Å². The van der Waals surface area contributed by atoms with E-state index in [9.17, 15) is 0 Å². The molecule has 1 aliphatic carbocycles. The molecule has 2 aliphatic rings. The number of hydroxylamine groups is 1. The molecule has 0 aromatic carbocycles. The fourth-order valence-electron chi connectivity index (χ4n) is 2.46. The van der Waals surface area contributed by atoms with E-state index in [1.807, 2.05) is 0 Å². The van der Waals surface area contributed by atoms with Crippen molar-refractivity contribution < 1.29 is 9.57 Å². The first-order chi connectivity index (χ1) is 7.84. The van der Waals surface area contributed by atoms with Crippen LogP contribution in [0.1, 0.15) is 39.0 Å². The number of morpholine rings is 1. The quantitative estimate of drug-likeness (QED) is 0.694. The third-order valence-corrected chi connectivity index (χ3v) is 3.37. The summed E-state index contributed by atoms with van der Waals surface area (Å²) < 4.78 is 5.43. The molecule has 2 rings (SSSR count). The van der Waals surface area contributed by atoms with Gasteiger partial charge in [0.05, 0.1) is 19.3 Å².